The Morgan fingerprint density at radius 1 is 0.443 bits per heavy atom. The van der Waals surface area contributed by atoms with Gasteiger partial charge in [-0.05, 0) is 59.2 Å². The molecule has 3 atom stereocenters. The number of carbonyl (C=O) groups excluding carboxylic acids is 4. The topological polar surface area (TPSA) is 175 Å². The Bertz CT molecular complexity index is 1170. The average Bonchev–Trinajstić information content (AvgIpc) is 3.34. The summed E-state index contributed by atoms with van der Waals surface area (Å²) in [7, 11) is 5.32. The van der Waals surface area contributed by atoms with E-state index >= 15 is 0 Å². The molecule has 0 aromatic heterocycles. The number of ether oxygens (including phenoxy) is 9. The molecule has 0 saturated carbocycles. The third kappa shape index (κ3) is 47.7. The van der Waals surface area contributed by atoms with Crippen molar-refractivity contribution in [2.75, 3.05) is 74.0 Å². The second-order valence-electron chi connectivity index (χ2n) is 19.2. The molecule has 0 heterocycles. The largest absolute Gasteiger partial charge is 0.508 e. The van der Waals surface area contributed by atoms with E-state index in [-0.39, 0.29) is 45.2 Å². The van der Waals surface area contributed by atoms with Crippen molar-refractivity contribution in [2.24, 2.45) is 5.92 Å². The number of methoxy groups -OCH3 is 1. The number of hydrogen-bond acceptors (Lipinski definition) is 15. The highest BCUT2D eigenvalue weighted by molar-refractivity contribution is 5.70. The summed E-state index contributed by atoms with van der Waals surface area (Å²) in [4.78, 5) is 52.1. The van der Waals surface area contributed by atoms with Crippen LogP contribution in [0, 0.1) is 5.92 Å². The van der Waals surface area contributed by atoms with Crippen LogP contribution < -0.4 is 0 Å². The fraction of sp³-hybridized carbons (Fsp3) is 0.927. The molecule has 0 radical (unpaired) electrons. The Hall–Kier alpha value is -2.56. The maximum atomic E-state index is 13.1. The van der Waals surface area contributed by atoms with Gasteiger partial charge >= 0.3 is 24.1 Å². The molecule has 0 amide bonds. The molecule has 15 nitrogen and oxygen atoms in total. The van der Waals surface area contributed by atoms with Crippen molar-refractivity contribution in [3.05, 3.63) is 0 Å². The van der Waals surface area contributed by atoms with E-state index < -0.39 is 42.9 Å². The monoisotopic (exact) mass is 1000 g/mol. The summed E-state index contributed by atoms with van der Waals surface area (Å²) in [6.45, 7) is 7.06. The Labute approximate surface area is 426 Å². The third-order valence-electron chi connectivity index (χ3n) is 12.2. The molecule has 0 saturated heterocycles. The molecule has 0 aromatic rings. The van der Waals surface area contributed by atoms with Gasteiger partial charge in [0.15, 0.2) is 6.29 Å². The zero-order valence-electron chi connectivity index (χ0n) is 45.5. The number of rotatable bonds is 53. The van der Waals surface area contributed by atoms with E-state index in [1.54, 1.807) is 0 Å². The van der Waals surface area contributed by atoms with Crippen LogP contribution in [0.15, 0.2) is 0 Å². The van der Waals surface area contributed by atoms with Crippen LogP contribution in [0.5, 0.6) is 0 Å². The van der Waals surface area contributed by atoms with Gasteiger partial charge in [0.25, 0.3) is 6.48 Å². The standard InChI is InChI=1S/C55H105NO14/c1-7-10-13-16-19-20-21-22-23-28-34-49(70-55(61)65-43-33-40-56(4)5)39-44-66-54(60)69-47-48(45-67-51(58)36-30-25-24-29-35-50(57)62-6)46-68-52(59)37-38-53(63-41-31-26-17-14-11-8-2)64-42-32-27-18-15-12-9-3/h48-49,53,55,61H,7-47H2,1-6H3. The van der Waals surface area contributed by atoms with Gasteiger partial charge in [0.1, 0.15) is 19.8 Å². The lowest BCUT2D eigenvalue weighted by Crippen LogP contribution is -2.28. The molecule has 1 N–H and O–H groups in total. The van der Waals surface area contributed by atoms with Crippen LogP contribution in [0.2, 0.25) is 0 Å². The lowest BCUT2D eigenvalue weighted by molar-refractivity contribution is -0.284. The summed E-state index contributed by atoms with van der Waals surface area (Å²) >= 11 is 0. The number of nitrogens with zero attached hydrogens (tertiary/aromatic N) is 1. The summed E-state index contributed by atoms with van der Waals surface area (Å²) in [5, 5.41) is 10.5. The van der Waals surface area contributed by atoms with Gasteiger partial charge in [-0.1, -0.05) is 162 Å². The molecule has 0 bridgehead atoms. The molecule has 3 unspecified atom stereocenters. The summed E-state index contributed by atoms with van der Waals surface area (Å²) in [6, 6.07) is 0. The number of aliphatic hydroxyl groups is 1. The van der Waals surface area contributed by atoms with Crippen LogP contribution in [0.4, 0.5) is 4.79 Å². The molecule has 0 rings (SSSR count). The summed E-state index contributed by atoms with van der Waals surface area (Å²) in [6.07, 6.45) is 29.4. The minimum atomic E-state index is -1.39. The van der Waals surface area contributed by atoms with Crippen LogP contribution in [-0.4, -0.2) is 127 Å². The van der Waals surface area contributed by atoms with E-state index in [1.165, 1.54) is 103 Å². The van der Waals surface area contributed by atoms with Crippen LogP contribution in [0.3, 0.4) is 0 Å². The van der Waals surface area contributed by atoms with Crippen LogP contribution in [-0.2, 0) is 57.0 Å². The van der Waals surface area contributed by atoms with Gasteiger partial charge in [0.2, 0.25) is 0 Å². The second kappa shape index (κ2) is 51.3. The fourth-order valence-electron chi connectivity index (χ4n) is 7.76. The average molecular weight is 1000 g/mol. The molecular formula is C55H105NO14. The van der Waals surface area contributed by atoms with Crippen molar-refractivity contribution < 1.29 is 66.9 Å². The van der Waals surface area contributed by atoms with Crippen molar-refractivity contribution in [3.63, 3.8) is 0 Å². The third-order valence-corrected chi connectivity index (χ3v) is 12.2. The predicted octanol–water partition coefficient (Wildman–Crippen LogP) is 12.5. The molecule has 0 fully saturated rings. The quantitative estimate of drug-likeness (QED) is 0.0263. The van der Waals surface area contributed by atoms with Crippen LogP contribution >= 0.6 is 0 Å². The highest BCUT2D eigenvalue weighted by Crippen LogP contribution is 2.18. The Morgan fingerprint density at radius 2 is 0.886 bits per heavy atom. The number of hydrogen-bond donors (Lipinski definition) is 1. The van der Waals surface area contributed by atoms with Gasteiger partial charge in [0, 0.05) is 38.9 Å². The van der Waals surface area contributed by atoms with E-state index in [4.69, 9.17) is 37.9 Å². The first-order valence-electron chi connectivity index (χ1n) is 28.0. The zero-order chi connectivity index (χ0) is 51.6. The Balaban J connectivity index is 5.35. The summed E-state index contributed by atoms with van der Waals surface area (Å²) in [5.74, 6) is -1.77. The minimum Gasteiger partial charge on any atom is -0.469 e. The smallest absolute Gasteiger partial charge is 0.469 e. The Morgan fingerprint density at radius 3 is 1.40 bits per heavy atom. The van der Waals surface area contributed by atoms with E-state index in [1.807, 2.05) is 19.0 Å². The van der Waals surface area contributed by atoms with Gasteiger partial charge in [-0.15, -0.1) is 0 Å². The molecule has 15 heteroatoms. The SMILES string of the molecule is CCCCCCCCCCCCC(CCOC(=O)OCC(COC(=O)CCCCCCC(=O)OC)COC(=O)CCC(OCCCCCCCC)OCCCCCCCC)OC(O)OCCCN(C)C. The van der Waals surface area contributed by atoms with E-state index in [2.05, 4.69) is 25.5 Å². The highest BCUT2D eigenvalue weighted by atomic mass is 16.8. The highest BCUT2D eigenvalue weighted by Gasteiger charge is 2.21. The van der Waals surface area contributed by atoms with Crippen molar-refractivity contribution in [1.82, 2.24) is 4.90 Å². The number of aliphatic hydroxyl groups excluding tert-OH is 1. The first kappa shape index (κ1) is 67.4. The number of carbonyl (C=O) groups is 4. The molecule has 0 aliphatic carbocycles. The van der Waals surface area contributed by atoms with E-state index in [0.717, 1.165) is 70.8 Å². The molecule has 0 spiro atoms. The normalized spacial score (nSPS) is 12.8. The maximum absolute atomic E-state index is 13.1. The molecule has 414 valence electrons. The van der Waals surface area contributed by atoms with Crippen LogP contribution in [0.25, 0.3) is 0 Å². The lowest BCUT2D eigenvalue weighted by atomic mass is 10.0. The van der Waals surface area contributed by atoms with Gasteiger partial charge in [-0.25, -0.2) is 4.79 Å². The number of unbranched alkanes of at least 4 members (excludes halogenated alkanes) is 22. The predicted molar refractivity (Wildman–Crippen MR) is 275 cm³/mol. The molecule has 0 aliphatic heterocycles. The fourth-order valence-corrected chi connectivity index (χ4v) is 7.76. The van der Waals surface area contributed by atoms with Crippen molar-refractivity contribution in [3.8, 4) is 0 Å². The van der Waals surface area contributed by atoms with Crippen LogP contribution in [0.1, 0.15) is 233 Å². The van der Waals surface area contributed by atoms with Gasteiger partial charge < -0.3 is 52.6 Å². The Kier molecular flexibility index (Phi) is 49.5. The summed E-state index contributed by atoms with van der Waals surface area (Å²) < 4.78 is 50.4. The van der Waals surface area contributed by atoms with Gasteiger partial charge in [-0.3, -0.25) is 14.4 Å². The van der Waals surface area contributed by atoms with E-state index in [9.17, 15) is 24.3 Å². The molecule has 0 aliphatic rings. The first-order chi connectivity index (χ1) is 34.0. The van der Waals surface area contributed by atoms with Gasteiger partial charge in [0.05, 0.1) is 38.8 Å². The maximum Gasteiger partial charge on any atom is 0.508 e. The minimum absolute atomic E-state index is 0.00804. The lowest BCUT2D eigenvalue weighted by Gasteiger charge is -2.22. The molecule has 70 heavy (non-hydrogen) atoms. The van der Waals surface area contributed by atoms with Crippen molar-refractivity contribution in [2.45, 2.75) is 252 Å². The molecule has 0 aromatic carbocycles. The van der Waals surface area contributed by atoms with E-state index in [0.29, 0.717) is 58.3 Å². The summed E-state index contributed by atoms with van der Waals surface area (Å²) in [5.41, 5.74) is 0. The zero-order valence-corrected chi connectivity index (χ0v) is 45.5. The van der Waals surface area contributed by atoms with Crippen molar-refractivity contribution >= 4 is 24.1 Å². The first-order valence-corrected chi connectivity index (χ1v) is 28.0. The number of esters is 3. The second-order valence-corrected chi connectivity index (χ2v) is 19.2. The van der Waals surface area contributed by atoms with Gasteiger partial charge in [-0.2, -0.15) is 0 Å². The van der Waals surface area contributed by atoms with Crippen molar-refractivity contribution in [1.29, 1.82) is 0 Å². The molecular weight excluding hydrogens is 899 g/mol.